The van der Waals surface area contributed by atoms with Crippen molar-refractivity contribution >= 4 is 0 Å². The maximum atomic E-state index is 10.2. The lowest BCUT2D eigenvalue weighted by Gasteiger charge is -2.28. The minimum atomic E-state index is -0.834. The van der Waals surface area contributed by atoms with Gasteiger partial charge in [-0.2, -0.15) is 0 Å². The van der Waals surface area contributed by atoms with Gasteiger partial charge >= 0.3 is 0 Å². The molecule has 0 spiro atoms. The maximum absolute atomic E-state index is 10.2. The summed E-state index contributed by atoms with van der Waals surface area (Å²) < 4.78 is 5.78. The Bertz CT molecular complexity index is 397. The molecule has 1 aromatic carbocycles. The molecular weight excluding hydrogens is 226 g/mol. The molecular formula is C15H25NO2. The van der Waals surface area contributed by atoms with Crippen molar-refractivity contribution in [2.75, 3.05) is 6.61 Å². The zero-order valence-electron chi connectivity index (χ0n) is 12.0. The molecule has 0 bridgehead atoms. The fraction of sp³-hybridized carbons (Fsp3) is 0.600. The molecule has 3 N–H and O–H groups in total. The second-order valence-electron chi connectivity index (χ2n) is 5.63. The van der Waals surface area contributed by atoms with Crippen LogP contribution in [0.2, 0.25) is 0 Å². The van der Waals surface area contributed by atoms with E-state index in [1.807, 2.05) is 45.9 Å². The molecule has 3 nitrogen and oxygen atoms in total. The highest BCUT2D eigenvalue weighted by molar-refractivity contribution is 5.39. The van der Waals surface area contributed by atoms with Crippen molar-refractivity contribution in [2.24, 2.45) is 11.7 Å². The molecule has 0 radical (unpaired) electrons. The minimum Gasteiger partial charge on any atom is -0.490 e. The Morgan fingerprint density at radius 3 is 2.44 bits per heavy atom. The van der Waals surface area contributed by atoms with Crippen LogP contribution in [-0.4, -0.2) is 17.3 Å². The molecule has 2 atom stereocenters. The van der Waals surface area contributed by atoms with Crippen LogP contribution < -0.4 is 10.5 Å². The average molecular weight is 251 g/mol. The summed E-state index contributed by atoms with van der Waals surface area (Å²) in [5.74, 6) is 0.909. The molecule has 0 saturated carbocycles. The predicted molar refractivity (Wildman–Crippen MR) is 74.7 cm³/mol. The summed E-state index contributed by atoms with van der Waals surface area (Å²) in [5.41, 5.74) is 7.18. The van der Waals surface area contributed by atoms with Gasteiger partial charge in [0, 0.05) is 11.6 Å². The van der Waals surface area contributed by atoms with Crippen LogP contribution in [0, 0.1) is 12.8 Å². The average Bonchev–Trinajstić information content (AvgIpc) is 2.26. The lowest BCUT2D eigenvalue weighted by molar-refractivity contribution is -0.0269. The van der Waals surface area contributed by atoms with Crippen molar-refractivity contribution in [3.05, 3.63) is 29.3 Å². The van der Waals surface area contributed by atoms with Crippen LogP contribution in [0.25, 0.3) is 0 Å². The summed E-state index contributed by atoms with van der Waals surface area (Å²) in [5, 5.41) is 10.2. The molecule has 0 aliphatic rings. The standard InChI is InChI=1S/C15H25NO2/c1-10(2)15(5,17)9-18-14-8-11(3)6-7-13(14)12(4)16/h6-8,10,12,17H,9,16H2,1-5H3/t12-,15?/m1/s1. The Morgan fingerprint density at radius 1 is 1.33 bits per heavy atom. The smallest absolute Gasteiger partial charge is 0.124 e. The molecule has 0 aliphatic heterocycles. The van der Waals surface area contributed by atoms with Gasteiger partial charge in [0.15, 0.2) is 0 Å². The quantitative estimate of drug-likeness (QED) is 0.846. The molecule has 3 heteroatoms. The Morgan fingerprint density at radius 2 is 1.94 bits per heavy atom. The van der Waals surface area contributed by atoms with Gasteiger partial charge in [-0.25, -0.2) is 0 Å². The zero-order valence-corrected chi connectivity index (χ0v) is 12.0. The van der Waals surface area contributed by atoms with Crippen LogP contribution in [0.4, 0.5) is 0 Å². The van der Waals surface area contributed by atoms with E-state index in [-0.39, 0.29) is 18.6 Å². The van der Waals surface area contributed by atoms with Gasteiger partial charge < -0.3 is 15.6 Å². The van der Waals surface area contributed by atoms with Crippen LogP contribution >= 0.6 is 0 Å². The Balaban J connectivity index is 2.87. The largest absolute Gasteiger partial charge is 0.490 e. The molecule has 0 aromatic heterocycles. The third kappa shape index (κ3) is 3.72. The normalized spacial score (nSPS) is 16.4. The van der Waals surface area contributed by atoms with Gasteiger partial charge in [-0.05, 0) is 38.3 Å². The van der Waals surface area contributed by atoms with E-state index in [9.17, 15) is 5.11 Å². The second-order valence-corrected chi connectivity index (χ2v) is 5.63. The van der Waals surface area contributed by atoms with Gasteiger partial charge in [-0.3, -0.25) is 0 Å². The Labute approximate surface area is 110 Å². The van der Waals surface area contributed by atoms with E-state index < -0.39 is 5.60 Å². The fourth-order valence-electron chi connectivity index (χ4n) is 1.53. The minimum absolute atomic E-state index is 0.0791. The fourth-order valence-corrected chi connectivity index (χ4v) is 1.53. The summed E-state index contributed by atoms with van der Waals surface area (Å²) in [6.45, 7) is 9.96. The molecule has 102 valence electrons. The molecule has 0 aliphatic carbocycles. The van der Waals surface area contributed by atoms with Crippen molar-refractivity contribution in [3.8, 4) is 5.75 Å². The van der Waals surface area contributed by atoms with Gasteiger partial charge in [0.1, 0.15) is 12.4 Å². The zero-order chi connectivity index (χ0) is 13.9. The first-order valence-corrected chi connectivity index (χ1v) is 6.45. The van der Waals surface area contributed by atoms with Crippen LogP contribution in [0.15, 0.2) is 18.2 Å². The first-order chi connectivity index (χ1) is 8.24. The number of aryl methyl sites for hydroxylation is 1. The summed E-state index contributed by atoms with van der Waals surface area (Å²) in [4.78, 5) is 0. The number of rotatable bonds is 5. The summed E-state index contributed by atoms with van der Waals surface area (Å²) >= 11 is 0. The Hall–Kier alpha value is -1.06. The molecule has 0 saturated heterocycles. The lowest BCUT2D eigenvalue weighted by Crippen LogP contribution is -2.38. The third-order valence-electron chi connectivity index (χ3n) is 3.42. The number of hydrogen-bond acceptors (Lipinski definition) is 3. The van der Waals surface area contributed by atoms with Gasteiger partial charge in [0.2, 0.25) is 0 Å². The monoisotopic (exact) mass is 251 g/mol. The highest BCUT2D eigenvalue weighted by atomic mass is 16.5. The van der Waals surface area contributed by atoms with Crippen molar-refractivity contribution < 1.29 is 9.84 Å². The van der Waals surface area contributed by atoms with Gasteiger partial charge in [-0.1, -0.05) is 26.0 Å². The van der Waals surface area contributed by atoms with E-state index in [4.69, 9.17) is 10.5 Å². The summed E-state index contributed by atoms with van der Waals surface area (Å²) in [6.07, 6.45) is 0. The van der Waals surface area contributed by atoms with E-state index in [0.717, 1.165) is 16.9 Å². The van der Waals surface area contributed by atoms with Crippen molar-refractivity contribution in [3.63, 3.8) is 0 Å². The van der Waals surface area contributed by atoms with Crippen LogP contribution in [0.1, 0.15) is 44.9 Å². The lowest BCUT2D eigenvalue weighted by atomic mass is 9.93. The topological polar surface area (TPSA) is 55.5 Å². The van der Waals surface area contributed by atoms with Crippen molar-refractivity contribution in [2.45, 2.75) is 46.3 Å². The van der Waals surface area contributed by atoms with E-state index >= 15 is 0 Å². The number of aliphatic hydroxyl groups is 1. The molecule has 18 heavy (non-hydrogen) atoms. The third-order valence-corrected chi connectivity index (χ3v) is 3.42. The van der Waals surface area contributed by atoms with Crippen LogP contribution in [0.3, 0.4) is 0 Å². The molecule has 0 heterocycles. The SMILES string of the molecule is Cc1ccc([C@@H](C)N)c(OCC(C)(O)C(C)C)c1. The maximum Gasteiger partial charge on any atom is 0.124 e. The number of hydrogen-bond donors (Lipinski definition) is 2. The highest BCUT2D eigenvalue weighted by Gasteiger charge is 2.26. The van der Waals surface area contributed by atoms with E-state index in [1.54, 1.807) is 6.92 Å². The first kappa shape index (κ1) is 15.0. The van der Waals surface area contributed by atoms with Crippen molar-refractivity contribution in [1.82, 2.24) is 0 Å². The second kappa shape index (κ2) is 5.72. The summed E-state index contributed by atoms with van der Waals surface area (Å²) in [6, 6.07) is 5.89. The van der Waals surface area contributed by atoms with E-state index in [1.165, 1.54) is 0 Å². The van der Waals surface area contributed by atoms with Crippen LogP contribution in [-0.2, 0) is 0 Å². The Kier molecular flexibility index (Phi) is 4.77. The molecule has 1 aromatic rings. The molecule has 0 fully saturated rings. The molecule has 0 amide bonds. The van der Waals surface area contributed by atoms with Gasteiger partial charge in [-0.15, -0.1) is 0 Å². The van der Waals surface area contributed by atoms with Crippen LogP contribution in [0.5, 0.6) is 5.75 Å². The summed E-state index contributed by atoms with van der Waals surface area (Å²) in [7, 11) is 0. The number of nitrogens with two attached hydrogens (primary N) is 1. The molecule has 1 rings (SSSR count). The first-order valence-electron chi connectivity index (χ1n) is 6.45. The highest BCUT2D eigenvalue weighted by Crippen LogP contribution is 2.27. The number of ether oxygens (including phenoxy) is 1. The van der Waals surface area contributed by atoms with E-state index in [2.05, 4.69) is 0 Å². The van der Waals surface area contributed by atoms with Crippen molar-refractivity contribution in [1.29, 1.82) is 0 Å². The predicted octanol–water partition coefficient (Wildman–Crippen LogP) is 2.80. The van der Waals surface area contributed by atoms with Gasteiger partial charge in [0.25, 0.3) is 0 Å². The van der Waals surface area contributed by atoms with E-state index in [0.29, 0.717) is 0 Å². The molecule has 1 unspecified atom stereocenters. The number of benzene rings is 1. The van der Waals surface area contributed by atoms with Gasteiger partial charge in [0.05, 0.1) is 5.60 Å².